The second-order valence-electron chi connectivity index (χ2n) is 6.67. The minimum atomic E-state index is -0.254. The van der Waals surface area contributed by atoms with Gasteiger partial charge < -0.3 is 16.0 Å². The average molecular weight is 352 g/mol. The van der Waals surface area contributed by atoms with E-state index >= 15 is 0 Å². The number of amides is 1. The van der Waals surface area contributed by atoms with Gasteiger partial charge in [0, 0.05) is 23.8 Å². The summed E-state index contributed by atoms with van der Waals surface area (Å²) in [5.41, 5.74) is 7.51. The minimum absolute atomic E-state index is 0.0442. The van der Waals surface area contributed by atoms with E-state index in [4.69, 9.17) is 18.0 Å². The molecule has 1 aliphatic rings. The smallest absolute Gasteiger partial charge is 0.239 e. The molecular weight excluding hydrogens is 322 g/mol. The topological polar surface area (TPSA) is 84.1 Å². The van der Waals surface area contributed by atoms with E-state index < -0.39 is 0 Å². The van der Waals surface area contributed by atoms with E-state index in [1.165, 1.54) is 0 Å². The Balaban J connectivity index is 0.00000139. The lowest BCUT2D eigenvalue weighted by atomic mass is 10.1. The maximum Gasteiger partial charge on any atom is 0.239 e. The maximum atomic E-state index is 12.1. The molecule has 1 aliphatic carbocycles. The summed E-state index contributed by atoms with van der Waals surface area (Å²) in [4.78, 5) is 23.0. The van der Waals surface area contributed by atoms with Crippen molar-refractivity contribution in [1.82, 2.24) is 15.3 Å². The molecule has 0 unspecified atom stereocenters. The Kier molecular flexibility index (Phi) is 7.08. The Morgan fingerprint density at radius 3 is 2.46 bits per heavy atom. The van der Waals surface area contributed by atoms with Gasteiger partial charge in [-0.1, -0.05) is 26.1 Å². The van der Waals surface area contributed by atoms with Gasteiger partial charge in [0.2, 0.25) is 5.91 Å². The number of hydrogen-bond acceptors (Lipinski definition) is 5. The van der Waals surface area contributed by atoms with Gasteiger partial charge in [-0.3, -0.25) is 4.79 Å². The van der Waals surface area contributed by atoms with E-state index in [1.807, 2.05) is 46.6 Å². The van der Waals surface area contributed by atoms with Crippen LogP contribution in [0, 0.1) is 0 Å². The molecule has 7 heteroatoms. The van der Waals surface area contributed by atoms with E-state index in [2.05, 4.69) is 15.3 Å². The van der Waals surface area contributed by atoms with Gasteiger partial charge >= 0.3 is 0 Å². The Labute approximate surface area is 150 Å². The molecule has 24 heavy (non-hydrogen) atoms. The number of aromatic nitrogens is 2. The fraction of sp³-hybridized carbons (Fsp3) is 0.647. The van der Waals surface area contributed by atoms with Crippen LogP contribution in [-0.4, -0.2) is 40.0 Å². The Morgan fingerprint density at radius 2 is 1.92 bits per heavy atom. The summed E-state index contributed by atoms with van der Waals surface area (Å²) < 4.78 is 0. The molecule has 1 heterocycles. The number of thiocarbonyl (C=S) groups is 1. The van der Waals surface area contributed by atoms with Crippen LogP contribution in [0.15, 0.2) is 0 Å². The first kappa shape index (κ1) is 20.3. The van der Waals surface area contributed by atoms with Gasteiger partial charge in [0.15, 0.2) is 5.82 Å². The van der Waals surface area contributed by atoms with Crippen molar-refractivity contribution in [3.63, 3.8) is 0 Å². The fourth-order valence-electron chi connectivity index (χ4n) is 2.59. The van der Waals surface area contributed by atoms with Crippen LogP contribution >= 0.6 is 12.2 Å². The molecule has 0 aromatic carbocycles. The summed E-state index contributed by atoms with van der Waals surface area (Å²) in [5, 5.41) is 2.95. The predicted octanol–water partition coefficient (Wildman–Crippen LogP) is 1.98. The molecule has 134 valence electrons. The highest BCUT2D eigenvalue weighted by molar-refractivity contribution is 7.80. The first-order chi connectivity index (χ1) is 11.2. The molecule has 6 nitrogen and oxygen atoms in total. The van der Waals surface area contributed by atoms with E-state index in [0.717, 1.165) is 36.3 Å². The third kappa shape index (κ3) is 5.40. The van der Waals surface area contributed by atoms with Gasteiger partial charge in [-0.15, -0.1) is 0 Å². The summed E-state index contributed by atoms with van der Waals surface area (Å²) in [7, 11) is 1.85. The number of rotatable bonds is 4. The number of nitrogens with one attached hydrogen (secondary N) is 1. The molecule has 0 saturated carbocycles. The van der Waals surface area contributed by atoms with Crippen molar-refractivity contribution in [1.29, 1.82) is 0 Å². The second-order valence-corrected chi connectivity index (χ2v) is 7.11. The van der Waals surface area contributed by atoms with Crippen molar-refractivity contribution >= 4 is 28.9 Å². The zero-order valence-corrected chi connectivity index (χ0v) is 16.4. The third-order valence-corrected chi connectivity index (χ3v) is 3.57. The number of carbonyl (C=O) groups excluding carboxylic acids is 1. The molecule has 1 amide bonds. The second kappa shape index (κ2) is 8.37. The molecular formula is C17H29N5OS. The monoisotopic (exact) mass is 351 g/mol. The van der Waals surface area contributed by atoms with Gasteiger partial charge in [-0.25, -0.2) is 9.97 Å². The molecule has 0 fully saturated rings. The van der Waals surface area contributed by atoms with Crippen LogP contribution in [0.1, 0.15) is 58.1 Å². The lowest BCUT2D eigenvalue weighted by Crippen LogP contribution is -2.45. The molecule has 0 spiro atoms. The lowest BCUT2D eigenvalue weighted by molar-refractivity contribution is -0.121. The summed E-state index contributed by atoms with van der Waals surface area (Å²) in [5.74, 6) is 1.10. The van der Waals surface area contributed by atoms with Crippen molar-refractivity contribution < 1.29 is 4.79 Å². The highest BCUT2D eigenvalue weighted by Crippen LogP contribution is 2.28. The average Bonchev–Trinajstić information content (AvgIpc) is 2.94. The molecule has 1 aromatic heterocycles. The van der Waals surface area contributed by atoms with Crippen LogP contribution in [0.2, 0.25) is 0 Å². The fourth-order valence-corrected chi connectivity index (χ4v) is 2.68. The maximum absolute atomic E-state index is 12.1. The van der Waals surface area contributed by atoms with Crippen LogP contribution in [0.5, 0.6) is 0 Å². The lowest BCUT2D eigenvalue weighted by Gasteiger charge is -2.25. The third-order valence-electron chi connectivity index (χ3n) is 3.39. The quantitative estimate of drug-likeness (QED) is 0.807. The number of nitrogens with zero attached hydrogens (tertiary/aromatic N) is 3. The molecule has 0 bridgehead atoms. The van der Waals surface area contributed by atoms with Crippen molar-refractivity contribution in [2.45, 2.75) is 59.4 Å². The highest BCUT2D eigenvalue weighted by Gasteiger charge is 2.24. The van der Waals surface area contributed by atoms with Gasteiger partial charge in [-0.05, 0) is 40.0 Å². The van der Waals surface area contributed by atoms with Gasteiger partial charge in [0.05, 0.1) is 6.54 Å². The zero-order valence-electron chi connectivity index (χ0n) is 15.6. The molecule has 0 saturated heterocycles. The van der Waals surface area contributed by atoms with Crippen molar-refractivity contribution in [2.75, 3.05) is 18.5 Å². The number of hydrogen-bond donors (Lipinski definition) is 2. The largest absolute Gasteiger partial charge is 0.387 e. The minimum Gasteiger partial charge on any atom is -0.387 e. The SMILES string of the molecule is CC.CN(CC(=O)NC(C)(C)C)c1nc(C(N)=S)nc2c1CCC2. The summed E-state index contributed by atoms with van der Waals surface area (Å²) >= 11 is 4.99. The molecule has 0 radical (unpaired) electrons. The van der Waals surface area contributed by atoms with Crippen LogP contribution in [0.4, 0.5) is 5.82 Å². The number of aryl methyl sites for hydroxylation is 1. The number of fused-ring (bicyclic) bond motifs is 1. The van der Waals surface area contributed by atoms with Crippen molar-refractivity contribution in [3.05, 3.63) is 17.1 Å². The number of carbonyl (C=O) groups is 1. The van der Waals surface area contributed by atoms with Gasteiger partial charge in [-0.2, -0.15) is 0 Å². The Hall–Kier alpha value is -1.76. The summed E-state index contributed by atoms with van der Waals surface area (Å²) in [6.45, 7) is 10.1. The van der Waals surface area contributed by atoms with Crippen LogP contribution in [0.25, 0.3) is 0 Å². The summed E-state index contributed by atoms with van der Waals surface area (Å²) in [6, 6.07) is 0. The first-order valence-corrected chi connectivity index (χ1v) is 8.80. The van der Waals surface area contributed by atoms with E-state index in [9.17, 15) is 4.79 Å². The Morgan fingerprint density at radius 1 is 1.29 bits per heavy atom. The highest BCUT2D eigenvalue weighted by atomic mass is 32.1. The molecule has 2 rings (SSSR count). The predicted molar refractivity (Wildman–Crippen MR) is 102 cm³/mol. The van der Waals surface area contributed by atoms with Gasteiger partial charge in [0.25, 0.3) is 0 Å². The molecule has 1 aromatic rings. The summed E-state index contributed by atoms with van der Waals surface area (Å²) in [6.07, 6.45) is 2.87. The van der Waals surface area contributed by atoms with Crippen LogP contribution < -0.4 is 16.0 Å². The normalized spacial score (nSPS) is 12.8. The number of anilines is 1. The van der Waals surface area contributed by atoms with E-state index in [0.29, 0.717) is 5.82 Å². The van der Waals surface area contributed by atoms with E-state index in [-0.39, 0.29) is 23.0 Å². The molecule has 0 aliphatic heterocycles. The number of nitrogens with two attached hydrogens (primary N) is 1. The van der Waals surface area contributed by atoms with Gasteiger partial charge in [0.1, 0.15) is 10.8 Å². The molecule has 0 atom stereocenters. The van der Waals surface area contributed by atoms with Crippen LogP contribution in [-0.2, 0) is 17.6 Å². The molecule has 3 N–H and O–H groups in total. The zero-order chi connectivity index (χ0) is 18.5. The van der Waals surface area contributed by atoms with Crippen molar-refractivity contribution in [3.8, 4) is 0 Å². The standard InChI is InChI=1S/C15H23N5OS.C2H6/c1-15(2,3)19-11(21)8-20(4)14-9-6-5-7-10(9)17-13(18-14)12(16)22;1-2/h5-8H2,1-4H3,(H2,16,22)(H,19,21);1-2H3. The first-order valence-electron chi connectivity index (χ1n) is 8.39. The Bertz CT molecular complexity index is 610. The van der Waals surface area contributed by atoms with Crippen molar-refractivity contribution in [2.24, 2.45) is 5.73 Å². The van der Waals surface area contributed by atoms with Crippen LogP contribution in [0.3, 0.4) is 0 Å². The van der Waals surface area contributed by atoms with E-state index in [1.54, 1.807) is 0 Å². The number of likely N-dealkylation sites (N-methyl/N-ethyl adjacent to an activating group) is 1.